The molecule has 0 amide bonds. The number of thioether (sulfide) groups is 1. The van der Waals surface area contributed by atoms with Crippen LogP contribution in [0.25, 0.3) is 0 Å². The second-order valence-corrected chi connectivity index (χ2v) is 7.11. The number of amidine groups is 1. The molecule has 1 aromatic heterocycles. The van der Waals surface area contributed by atoms with Gasteiger partial charge in [-0.2, -0.15) is 0 Å². The van der Waals surface area contributed by atoms with E-state index in [9.17, 15) is 0 Å². The van der Waals surface area contributed by atoms with Crippen molar-refractivity contribution in [1.82, 2.24) is 10.3 Å². The normalized spacial score (nSPS) is 25.6. The fraction of sp³-hybridized carbons (Fsp3) is 0.692. The fourth-order valence-electron chi connectivity index (χ4n) is 2.40. The maximum Gasteiger partial charge on any atom is 0.157 e. The topological polar surface area (TPSA) is 46.5 Å². The van der Waals surface area contributed by atoms with Gasteiger partial charge in [0, 0.05) is 36.5 Å². The van der Waals surface area contributed by atoms with E-state index in [2.05, 4.69) is 17.2 Å². The first-order valence-electron chi connectivity index (χ1n) is 6.70. The number of hydrogen-bond acceptors (Lipinski definition) is 5. The van der Waals surface area contributed by atoms with Gasteiger partial charge in [-0.25, -0.2) is 4.98 Å². The van der Waals surface area contributed by atoms with E-state index in [4.69, 9.17) is 9.73 Å². The van der Waals surface area contributed by atoms with Crippen LogP contribution in [0.5, 0.6) is 0 Å². The third-order valence-electron chi connectivity index (χ3n) is 3.69. The lowest BCUT2D eigenvalue weighted by Crippen LogP contribution is -2.48. The first-order valence-corrected chi connectivity index (χ1v) is 8.57. The van der Waals surface area contributed by atoms with E-state index < -0.39 is 0 Å². The Bertz CT molecular complexity index is 441. The Morgan fingerprint density at radius 1 is 1.53 bits per heavy atom. The summed E-state index contributed by atoms with van der Waals surface area (Å²) in [6, 6.07) is 0. The van der Waals surface area contributed by atoms with Crippen LogP contribution in [0.1, 0.15) is 30.7 Å². The summed E-state index contributed by atoms with van der Waals surface area (Å²) in [5.74, 6) is 1.53. The molecule has 1 atom stereocenters. The summed E-state index contributed by atoms with van der Waals surface area (Å²) < 4.78 is 5.44. The second kappa shape index (κ2) is 5.81. The number of rotatable bonds is 3. The summed E-state index contributed by atoms with van der Waals surface area (Å²) >= 11 is 3.56. The predicted octanol–water partition coefficient (Wildman–Crippen LogP) is 2.49. The molecule has 1 N–H and O–H groups in total. The van der Waals surface area contributed by atoms with Gasteiger partial charge in [0.05, 0.1) is 17.1 Å². The summed E-state index contributed by atoms with van der Waals surface area (Å²) in [6.45, 7) is 4.74. The summed E-state index contributed by atoms with van der Waals surface area (Å²) in [5, 5.41) is 7.93. The molecule has 1 spiro atoms. The highest BCUT2D eigenvalue weighted by Crippen LogP contribution is 2.32. The Balaban J connectivity index is 1.57. The molecule has 104 valence electrons. The lowest BCUT2D eigenvalue weighted by Gasteiger charge is -2.32. The molecule has 3 rings (SSSR count). The minimum Gasteiger partial charge on any atom is -0.381 e. The van der Waals surface area contributed by atoms with Crippen molar-refractivity contribution in [2.24, 2.45) is 4.99 Å². The summed E-state index contributed by atoms with van der Waals surface area (Å²) in [5.41, 5.74) is 0.242. The predicted molar refractivity (Wildman–Crippen MR) is 81.2 cm³/mol. The minimum atomic E-state index is 0.242. The van der Waals surface area contributed by atoms with Crippen LogP contribution in [0.15, 0.2) is 16.6 Å². The molecule has 19 heavy (non-hydrogen) atoms. The maximum absolute atomic E-state index is 5.44. The van der Waals surface area contributed by atoms with Gasteiger partial charge in [-0.3, -0.25) is 4.99 Å². The Labute approximate surface area is 122 Å². The highest BCUT2D eigenvalue weighted by atomic mass is 32.2. The molecule has 0 saturated carbocycles. The van der Waals surface area contributed by atoms with E-state index in [0.717, 1.165) is 43.5 Å². The van der Waals surface area contributed by atoms with Crippen molar-refractivity contribution in [2.75, 3.05) is 25.5 Å². The average molecular weight is 297 g/mol. The van der Waals surface area contributed by atoms with E-state index in [0.29, 0.717) is 5.92 Å². The zero-order chi connectivity index (χ0) is 13.1. The van der Waals surface area contributed by atoms with Gasteiger partial charge >= 0.3 is 0 Å². The molecule has 1 aromatic rings. The van der Waals surface area contributed by atoms with Crippen molar-refractivity contribution in [1.29, 1.82) is 0 Å². The maximum atomic E-state index is 5.44. The van der Waals surface area contributed by atoms with Crippen molar-refractivity contribution < 1.29 is 4.74 Å². The summed E-state index contributed by atoms with van der Waals surface area (Å²) in [4.78, 5) is 9.07. The molecule has 2 fully saturated rings. The first kappa shape index (κ1) is 13.4. The number of ether oxygens (including phenoxy) is 1. The van der Waals surface area contributed by atoms with Crippen molar-refractivity contribution in [2.45, 2.75) is 31.2 Å². The number of aromatic nitrogens is 1. The Morgan fingerprint density at radius 2 is 2.37 bits per heavy atom. The molecule has 0 bridgehead atoms. The molecule has 0 aromatic carbocycles. The lowest BCUT2D eigenvalue weighted by molar-refractivity contribution is 0.0555. The molecule has 3 heterocycles. The van der Waals surface area contributed by atoms with Gasteiger partial charge in [0.25, 0.3) is 0 Å². The monoisotopic (exact) mass is 297 g/mol. The quantitative estimate of drug-likeness (QED) is 0.931. The van der Waals surface area contributed by atoms with E-state index in [1.165, 1.54) is 5.01 Å². The molecule has 1 unspecified atom stereocenters. The molecule has 6 heteroatoms. The Morgan fingerprint density at radius 3 is 3.11 bits per heavy atom. The van der Waals surface area contributed by atoms with Gasteiger partial charge in [0.15, 0.2) is 5.17 Å². The minimum absolute atomic E-state index is 0.242. The zero-order valence-electron chi connectivity index (χ0n) is 11.1. The number of thiazole rings is 1. The third kappa shape index (κ3) is 3.12. The molecule has 0 radical (unpaired) electrons. The highest BCUT2D eigenvalue weighted by Gasteiger charge is 2.38. The average Bonchev–Trinajstić information content (AvgIpc) is 3.08. The van der Waals surface area contributed by atoms with Gasteiger partial charge in [-0.05, 0) is 12.8 Å². The molecule has 0 aliphatic carbocycles. The highest BCUT2D eigenvalue weighted by molar-refractivity contribution is 8.14. The van der Waals surface area contributed by atoms with Crippen LogP contribution in [0, 0.1) is 0 Å². The van der Waals surface area contributed by atoms with Crippen molar-refractivity contribution in [3.63, 3.8) is 0 Å². The largest absolute Gasteiger partial charge is 0.381 e. The zero-order valence-corrected chi connectivity index (χ0v) is 12.7. The summed E-state index contributed by atoms with van der Waals surface area (Å²) in [6.07, 6.45) is 4.06. The van der Waals surface area contributed by atoms with E-state index >= 15 is 0 Å². The molecule has 2 aliphatic heterocycles. The molecular weight excluding hydrogens is 278 g/mol. The second-order valence-electron chi connectivity index (χ2n) is 5.22. The van der Waals surface area contributed by atoms with Crippen LogP contribution < -0.4 is 5.32 Å². The molecule has 2 saturated heterocycles. The van der Waals surface area contributed by atoms with E-state index in [-0.39, 0.29) is 5.54 Å². The molecule has 2 aliphatic rings. The number of nitrogens with one attached hydrogen (secondary N) is 1. The summed E-state index contributed by atoms with van der Waals surface area (Å²) in [7, 11) is 0. The first-order chi connectivity index (χ1) is 9.27. The van der Waals surface area contributed by atoms with E-state index in [1.807, 2.05) is 23.3 Å². The third-order valence-corrected chi connectivity index (χ3v) is 5.90. The Hall–Kier alpha value is -0.590. The van der Waals surface area contributed by atoms with Crippen LogP contribution in [-0.2, 0) is 4.74 Å². The van der Waals surface area contributed by atoms with Crippen LogP contribution >= 0.6 is 23.1 Å². The van der Waals surface area contributed by atoms with Crippen LogP contribution in [-0.4, -0.2) is 41.2 Å². The van der Waals surface area contributed by atoms with Crippen molar-refractivity contribution in [3.05, 3.63) is 16.6 Å². The fourth-order valence-corrected chi connectivity index (χ4v) is 4.32. The van der Waals surface area contributed by atoms with Crippen LogP contribution in [0.2, 0.25) is 0 Å². The lowest BCUT2D eigenvalue weighted by atomic mass is 9.93. The van der Waals surface area contributed by atoms with Gasteiger partial charge in [0.1, 0.15) is 0 Å². The number of nitrogens with zero attached hydrogens (tertiary/aromatic N) is 2. The SMILES string of the molecule is CC(CN=C1NC2(CCOCC2)CS1)c1nccs1. The van der Waals surface area contributed by atoms with Gasteiger partial charge in [-0.1, -0.05) is 18.7 Å². The molecule has 4 nitrogen and oxygen atoms in total. The number of aliphatic imine (C=N–C) groups is 1. The van der Waals surface area contributed by atoms with Gasteiger partial charge in [0.2, 0.25) is 0 Å². The van der Waals surface area contributed by atoms with Crippen LogP contribution in [0.3, 0.4) is 0 Å². The van der Waals surface area contributed by atoms with Crippen molar-refractivity contribution >= 4 is 28.3 Å². The smallest absolute Gasteiger partial charge is 0.157 e. The van der Waals surface area contributed by atoms with Crippen molar-refractivity contribution in [3.8, 4) is 0 Å². The standard InChI is InChI=1S/C13H19N3OS2/c1-10(11-14-4-7-18-11)8-15-12-16-13(9-19-12)2-5-17-6-3-13/h4,7,10H,2-3,5-6,8-9H2,1H3,(H,15,16). The molecular formula is C13H19N3OS2. The van der Waals surface area contributed by atoms with E-state index in [1.54, 1.807) is 11.3 Å². The van der Waals surface area contributed by atoms with Gasteiger partial charge < -0.3 is 10.1 Å². The van der Waals surface area contributed by atoms with Gasteiger partial charge in [-0.15, -0.1) is 11.3 Å². The van der Waals surface area contributed by atoms with Crippen LogP contribution in [0.4, 0.5) is 0 Å². The number of hydrogen-bond donors (Lipinski definition) is 1. The Kier molecular flexibility index (Phi) is 4.10.